The van der Waals surface area contributed by atoms with Gasteiger partial charge >= 0.3 is 11.9 Å². The van der Waals surface area contributed by atoms with Gasteiger partial charge < -0.3 is 4.74 Å². The monoisotopic (exact) mass is 292 g/mol. The second-order valence-corrected chi connectivity index (χ2v) is 6.03. The Bertz CT molecular complexity index is 544. The number of aryl methyl sites for hydroxylation is 1. The second kappa shape index (κ2) is 6.56. The van der Waals surface area contributed by atoms with Gasteiger partial charge in [-0.1, -0.05) is 20.8 Å². The summed E-state index contributed by atoms with van der Waals surface area (Å²) in [5.41, 5.74) is 0.0976. The summed E-state index contributed by atoms with van der Waals surface area (Å²) in [6, 6.07) is 0. The van der Waals surface area contributed by atoms with Crippen LogP contribution >= 0.6 is 0 Å². The minimum Gasteiger partial charge on any atom is -0.392 e. The normalized spacial score (nSPS) is 12.6. The van der Waals surface area contributed by atoms with Crippen molar-refractivity contribution in [2.75, 3.05) is 0 Å². The van der Waals surface area contributed by atoms with E-state index < -0.39 is 29.7 Å². The van der Waals surface area contributed by atoms with Crippen LogP contribution in [-0.4, -0.2) is 27.7 Å². The zero-order chi connectivity index (χ0) is 16.2. The first kappa shape index (κ1) is 16.9. The van der Waals surface area contributed by atoms with Crippen LogP contribution in [0.25, 0.3) is 0 Å². The first-order chi connectivity index (χ1) is 9.61. The Labute approximate surface area is 123 Å². The molecule has 0 aromatic carbocycles. The van der Waals surface area contributed by atoms with E-state index in [-0.39, 0.29) is 5.78 Å². The van der Waals surface area contributed by atoms with Crippen LogP contribution in [0.1, 0.15) is 51.4 Å². The van der Waals surface area contributed by atoms with Gasteiger partial charge in [0.05, 0.1) is 5.92 Å². The molecule has 6 heteroatoms. The molecule has 1 aromatic heterocycles. The van der Waals surface area contributed by atoms with E-state index in [2.05, 4.69) is 9.97 Å². The van der Waals surface area contributed by atoms with E-state index in [9.17, 15) is 14.4 Å². The number of carbonyl (C=O) groups is 3. The topological polar surface area (TPSA) is 86.2 Å². The average Bonchev–Trinajstić information content (AvgIpc) is 2.28. The van der Waals surface area contributed by atoms with Gasteiger partial charge in [-0.25, -0.2) is 9.97 Å². The van der Waals surface area contributed by atoms with Gasteiger partial charge in [0.1, 0.15) is 18.0 Å². The lowest BCUT2D eigenvalue weighted by atomic mass is 9.77. The highest BCUT2D eigenvalue weighted by Crippen LogP contribution is 2.35. The molecule has 1 heterocycles. The van der Waals surface area contributed by atoms with Crippen molar-refractivity contribution >= 4 is 17.7 Å². The van der Waals surface area contributed by atoms with Crippen molar-refractivity contribution in [3.63, 3.8) is 0 Å². The number of rotatable bonds is 4. The highest BCUT2D eigenvalue weighted by Gasteiger charge is 2.36. The second-order valence-electron chi connectivity index (χ2n) is 6.03. The third kappa shape index (κ3) is 5.06. The van der Waals surface area contributed by atoms with Gasteiger partial charge in [0.2, 0.25) is 0 Å². The quantitative estimate of drug-likeness (QED) is 0.623. The van der Waals surface area contributed by atoms with Gasteiger partial charge in [0.15, 0.2) is 0 Å². The smallest absolute Gasteiger partial charge is 0.321 e. The van der Waals surface area contributed by atoms with Gasteiger partial charge in [0, 0.05) is 18.0 Å². The summed E-state index contributed by atoms with van der Waals surface area (Å²) in [4.78, 5) is 42.8. The predicted octanol–water partition coefficient (Wildman–Crippen LogP) is 1.96. The summed E-state index contributed by atoms with van der Waals surface area (Å²) in [7, 11) is 0. The highest BCUT2D eigenvalue weighted by atomic mass is 16.6. The zero-order valence-corrected chi connectivity index (χ0v) is 13.0. The molecule has 0 amide bonds. The standard InChI is InChI=1S/C15H20N2O4/c1-9(18)6-12(19)21-14(20)13(15(3,4)5)11-7-16-10(2)17-8-11/h7-8,13H,6H2,1-5H3. The molecule has 0 saturated heterocycles. The lowest BCUT2D eigenvalue weighted by molar-refractivity contribution is -0.162. The van der Waals surface area contributed by atoms with E-state index in [1.165, 1.54) is 6.92 Å². The van der Waals surface area contributed by atoms with Crippen LogP contribution in [0.4, 0.5) is 0 Å². The van der Waals surface area contributed by atoms with Gasteiger partial charge in [-0.3, -0.25) is 14.4 Å². The molecule has 0 aliphatic rings. The summed E-state index contributed by atoms with van der Waals surface area (Å²) in [5.74, 6) is -1.98. The zero-order valence-electron chi connectivity index (χ0n) is 13.0. The lowest BCUT2D eigenvalue weighted by Crippen LogP contribution is -2.30. The molecule has 0 aliphatic carbocycles. The first-order valence-electron chi connectivity index (χ1n) is 6.63. The molecule has 21 heavy (non-hydrogen) atoms. The number of ketones is 1. The molecule has 0 N–H and O–H groups in total. The molecular formula is C15H20N2O4. The number of hydrogen-bond acceptors (Lipinski definition) is 6. The maximum atomic E-state index is 12.3. The number of aromatic nitrogens is 2. The summed E-state index contributed by atoms with van der Waals surface area (Å²) in [5, 5.41) is 0. The number of Topliss-reactive ketones (excluding diaryl/α,β-unsaturated/α-hetero) is 1. The fourth-order valence-electron chi connectivity index (χ4n) is 1.95. The van der Waals surface area contributed by atoms with Crippen molar-refractivity contribution in [2.45, 2.75) is 47.0 Å². The van der Waals surface area contributed by atoms with Gasteiger partial charge in [-0.05, 0) is 19.3 Å². The van der Waals surface area contributed by atoms with Gasteiger partial charge in [0.25, 0.3) is 0 Å². The number of nitrogens with zero attached hydrogens (tertiary/aromatic N) is 2. The molecule has 0 fully saturated rings. The van der Waals surface area contributed by atoms with E-state index in [1.807, 2.05) is 20.8 Å². The van der Waals surface area contributed by atoms with E-state index in [0.29, 0.717) is 11.4 Å². The number of carbonyl (C=O) groups excluding carboxylic acids is 3. The Morgan fingerprint density at radius 3 is 2.14 bits per heavy atom. The Morgan fingerprint density at radius 2 is 1.71 bits per heavy atom. The fraction of sp³-hybridized carbons (Fsp3) is 0.533. The maximum Gasteiger partial charge on any atom is 0.321 e. The number of esters is 2. The Hall–Kier alpha value is -2.11. The van der Waals surface area contributed by atoms with Crippen LogP contribution in [0.5, 0.6) is 0 Å². The molecule has 0 saturated carbocycles. The van der Waals surface area contributed by atoms with Crippen LogP contribution in [0.15, 0.2) is 12.4 Å². The van der Waals surface area contributed by atoms with Gasteiger partial charge in [-0.2, -0.15) is 0 Å². The molecule has 114 valence electrons. The minimum absolute atomic E-state index is 0.348. The van der Waals surface area contributed by atoms with Crippen molar-refractivity contribution in [3.05, 3.63) is 23.8 Å². The molecule has 6 nitrogen and oxygen atoms in total. The Kier molecular flexibility index (Phi) is 5.29. The molecule has 0 spiro atoms. The van der Waals surface area contributed by atoms with Gasteiger partial charge in [-0.15, -0.1) is 0 Å². The van der Waals surface area contributed by atoms with E-state index >= 15 is 0 Å². The number of hydrogen-bond donors (Lipinski definition) is 0. The van der Waals surface area contributed by atoms with Crippen molar-refractivity contribution in [3.8, 4) is 0 Å². The van der Waals surface area contributed by atoms with Crippen molar-refractivity contribution in [1.82, 2.24) is 9.97 Å². The van der Waals surface area contributed by atoms with Crippen LogP contribution in [0.3, 0.4) is 0 Å². The molecular weight excluding hydrogens is 272 g/mol. The lowest BCUT2D eigenvalue weighted by Gasteiger charge is -2.28. The van der Waals surface area contributed by atoms with E-state index in [0.717, 1.165) is 0 Å². The van der Waals surface area contributed by atoms with Crippen LogP contribution in [-0.2, 0) is 19.1 Å². The molecule has 1 rings (SSSR count). The van der Waals surface area contributed by atoms with E-state index in [1.54, 1.807) is 19.3 Å². The molecule has 1 unspecified atom stereocenters. The van der Waals surface area contributed by atoms with Crippen LogP contribution < -0.4 is 0 Å². The Morgan fingerprint density at radius 1 is 1.19 bits per heavy atom. The first-order valence-corrected chi connectivity index (χ1v) is 6.63. The Balaban J connectivity index is 2.98. The predicted molar refractivity (Wildman–Crippen MR) is 75.4 cm³/mol. The molecule has 0 radical (unpaired) electrons. The minimum atomic E-state index is -0.838. The van der Waals surface area contributed by atoms with Crippen molar-refractivity contribution < 1.29 is 19.1 Å². The average molecular weight is 292 g/mol. The summed E-state index contributed by atoms with van der Waals surface area (Å²) >= 11 is 0. The highest BCUT2D eigenvalue weighted by molar-refractivity contribution is 5.99. The maximum absolute atomic E-state index is 12.3. The number of ether oxygens (including phenoxy) is 1. The summed E-state index contributed by atoms with van der Waals surface area (Å²) < 4.78 is 4.78. The molecule has 1 aromatic rings. The van der Waals surface area contributed by atoms with Crippen LogP contribution in [0, 0.1) is 12.3 Å². The van der Waals surface area contributed by atoms with Crippen molar-refractivity contribution in [2.24, 2.45) is 5.41 Å². The fourth-order valence-corrected chi connectivity index (χ4v) is 1.95. The SMILES string of the molecule is CC(=O)CC(=O)OC(=O)C(c1cnc(C)nc1)C(C)(C)C. The summed E-state index contributed by atoms with van der Waals surface area (Å²) in [6.45, 7) is 8.57. The molecule has 1 atom stereocenters. The molecule has 0 bridgehead atoms. The third-order valence-electron chi connectivity index (χ3n) is 2.84. The summed E-state index contributed by atoms with van der Waals surface area (Å²) in [6.07, 6.45) is 2.69. The third-order valence-corrected chi connectivity index (χ3v) is 2.84. The van der Waals surface area contributed by atoms with Crippen LogP contribution in [0.2, 0.25) is 0 Å². The largest absolute Gasteiger partial charge is 0.392 e. The molecule has 0 aliphatic heterocycles. The van der Waals surface area contributed by atoms with E-state index in [4.69, 9.17) is 4.74 Å². The van der Waals surface area contributed by atoms with Crippen molar-refractivity contribution in [1.29, 1.82) is 0 Å².